The molecule has 0 N–H and O–H groups in total. The van der Waals surface area contributed by atoms with Crippen molar-refractivity contribution in [3.63, 3.8) is 0 Å². The summed E-state index contributed by atoms with van der Waals surface area (Å²) >= 11 is 7.25. The Hall–Kier alpha value is -0.610. The lowest BCUT2D eigenvalue weighted by Crippen LogP contribution is -2.35. The summed E-state index contributed by atoms with van der Waals surface area (Å²) in [6.45, 7) is 3.05. The normalized spacial score (nSPS) is 14.8. The maximum atomic E-state index is 12.3. The maximum Gasteiger partial charge on any atom is 0.229 e. The average Bonchev–Trinajstić information content (AvgIpc) is 3.10. The van der Waals surface area contributed by atoms with Gasteiger partial charge in [0.05, 0.1) is 18.0 Å². The van der Waals surface area contributed by atoms with Crippen LogP contribution in [0.5, 0.6) is 0 Å². The molecular formula is C13H19ClN2OS. The lowest BCUT2D eigenvalue weighted by atomic mass is 10.3. The van der Waals surface area contributed by atoms with Gasteiger partial charge in [-0.05, 0) is 19.3 Å². The van der Waals surface area contributed by atoms with Crippen LogP contribution in [0.25, 0.3) is 0 Å². The molecule has 0 unspecified atom stereocenters. The van der Waals surface area contributed by atoms with Crippen molar-refractivity contribution in [3.8, 4) is 0 Å². The summed E-state index contributed by atoms with van der Waals surface area (Å²) in [5.41, 5.74) is 0.871. The first-order chi connectivity index (χ1) is 8.74. The molecule has 1 aliphatic rings. The molecule has 1 saturated carbocycles. The van der Waals surface area contributed by atoms with E-state index in [1.165, 1.54) is 24.2 Å². The molecule has 0 aromatic carbocycles. The van der Waals surface area contributed by atoms with Crippen LogP contribution in [0, 0.1) is 0 Å². The van der Waals surface area contributed by atoms with E-state index >= 15 is 0 Å². The molecule has 0 bridgehead atoms. The highest BCUT2D eigenvalue weighted by atomic mass is 35.5. The molecule has 18 heavy (non-hydrogen) atoms. The van der Waals surface area contributed by atoms with Crippen molar-refractivity contribution in [3.05, 3.63) is 16.1 Å². The Morgan fingerprint density at radius 2 is 2.39 bits per heavy atom. The smallest absolute Gasteiger partial charge is 0.229 e. The van der Waals surface area contributed by atoms with Crippen LogP contribution in [0.3, 0.4) is 0 Å². The third-order valence-electron chi connectivity index (χ3n) is 3.10. The molecular weight excluding hydrogens is 268 g/mol. The topological polar surface area (TPSA) is 33.2 Å². The molecule has 1 aromatic heterocycles. The van der Waals surface area contributed by atoms with Crippen molar-refractivity contribution in [1.82, 2.24) is 9.88 Å². The third kappa shape index (κ3) is 3.69. The summed E-state index contributed by atoms with van der Waals surface area (Å²) in [4.78, 5) is 18.7. The molecule has 1 fully saturated rings. The van der Waals surface area contributed by atoms with E-state index in [1.54, 1.807) is 0 Å². The van der Waals surface area contributed by atoms with E-state index in [0.29, 0.717) is 18.3 Å². The van der Waals surface area contributed by atoms with Crippen molar-refractivity contribution >= 4 is 28.8 Å². The predicted octanol–water partition coefficient (Wildman–Crippen LogP) is 3.22. The van der Waals surface area contributed by atoms with Crippen molar-refractivity contribution < 1.29 is 4.79 Å². The van der Waals surface area contributed by atoms with Crippen LogP contribution in [0.4, 0.5) is 0 Å². The fourth-order valence-corrected chi connectivity index (χ4v) is 2.96. The molecule has 0 spiro atoms. The molecule has 5 heteroatoms. The fourth-order valence-electron chi connectivity index (χ4n) is 1.95. The molecule has 0 saturated heterocycles. The van der Waals surface area contributed by atoms with Crippen LogP contribution in [0.1, 0.15) is 43.3 Å². The molecule has 1 aliphatic carbocycles. The number of unbranched alkanes of at least 4 members (excludes halogenated alkanes) is 1. The SMILES string of the molecule is CCCCN(C(=O)Cc1nc(CCl)cs1)C1CC1. The fraction of sp³-hybridized carbons (Fsp3) is 0.692. The Morgan fingerprint density at radius 3 is 2.94 bits per heavy atom. The summed E-state index contributed by atoms with van der Waals surface area (Å²) < 4.78 is 0. The van der Waals surface area contributed by atoms with E-state index < -0.39 is 0 Å². The largest absolute Gasteiger partial charge is 0.339 e. The number of amides is 1. The second-order valence-electron chi connectivity index (χ2n) is 4.71. The number of thiazole rings is 1. The van der Waals surface area contributed by atoms with Gasteiger partial charge in [-0.25, -0.2) is 4.98 Å². The Labute approximate surface area is 117 Å². The molecule has 0 radical (unpaired) electrons. The van der Waals surface area contributed by atoms with Gasteiger partial charge in [0, 0.05) is 18.0 Å². The lowest BCUT2D eigenvalue weighted by molar-refractivity contribution is -0.131. The number of hydrogen-bond acceptors (Lipinski definition) is 3. The average molecular weight is 287 g/mol. The molecule has 2 rings (SSSR count). The van der Waals surface area contributed by atoms with Gasteiger partial charge in [-0.3, -0.25) is 4.79 Å². The molecule has 0 atom stereocenters. The number of alkyl halides is 1. The van der Waals surface area contributed by atoms with Crippen LogP contribution < -0.4 is 0 Å². The molecule has 0 aliphatic heterocycles. The second-order valence-corrected chi connectivity index (χ2v) is 5.92. The number of hydrogen-bond donors (Lipinski definition) is 0. The number of rotatable bonds is 7. The van der Waals surface area contributed by atoms with E-state index in [0.717, 1.165) is 30.1 Å². The second kappa shape index (κ2) is 6.53. The van der Waals surface area contributed by atoms with Gasteiger partial charge in [0.1, 0.15) is 5.01 Å². The van der Waals surface area contributed by atoms with Crippen molar-refractivity contribution in [2.45, 2.75) is 50.9 Å². The zero-order chi connectivity index (χ0) is 13.0. The lowest BCUT2D eigenvalue weighted by Gasteiger charge is -2.21. The first kappa shape index (κ1) is 13.8. The van der Waals surface area contributed by atoms with Crippen molar-refractivity contribution in [1.29, 1.82) is 0 Å². The minimum Gasteiger partial charge on any atom is -0.339 e. The summed E-state index contributed by atoms with van der Waals surface area (Å²) in [5.74, 6) is 0.647. The van der Waals surface area contributed by atoms with Crippen LogP contribution in [-0.2, 0) is 17.1 Å². The Bertz CT molecular complexity index is 403. The molecule has 100 valence electrons. The summed E-state index contributed by atoms with van der Waals surface area (Å²) in [6.07, 6.45) is 4.99. The molecule has 3 nitrogen and oxygen atoms in total. The number of carbonyl (C=O) groups is 1. The number of aromatic nitrogens is 1. The summed E-state index contributed by atoms with van der Waals surface area (Å²) in [5, 5.41) is 2.82. The van der Waals surface area contributed by atoms with Crippen LogP contribution in [-0.4, -0.2) is 28.4 Å². The monoisotopic (exact) mass is 286 g/mol. The summed E-state index contributed by atoms with van der Waals surface area (Å²) in [6, 6.07) is 0.497. The first-order valence-electron chi connectivity index (χ1n) is 6.53. The van der Waals surface area contributed by atoms with Gasteiger partial charge >= 0.3 is 0 Å². The Kier molecular flexibility index (Phi) is 5.01. The molecule has 1 amide bonds. The summed E-state index contributed by atoms with van der Waals surface area (Å²) in [7, 11) is 0. The molecule has 1 aromatic rings. The van der Waals surface area contributed by atoms with E-state index in [-0.39, 0.29) is 5.91 Å². The number of carbonyl (C=O) groups excluding carboxylic acids is 1. The number of nitrogens with zero attached hydrogens (tertiary/aromatic N) is 2. The highest BCUT2D eigenvalue weighted by Gasteiger charge is 2.32. The Morgan fingerprint density at radius 1 is 1.61 bits per heavy atom. The minimum atomic E-state index is 0.224. The van der Waals surface area contributed by atoms with Gasteiger partial charge in [-0.1, -0.05) is 13.3 Å². The maximum absolute atomic E-state index is 12.3. The van der Waals surface area contributed by atoms with Gasteiger partial charge in [-0.15, -0.1) is 22.9 Å². The van der Waals surface area contributed by atoms with Gasteiger partial charge in [-0.2, -0.15) is 0 Å². The van der Waals surface area contributed by atoms with Gasteiger partial charge in [0.15, 0.2) is 0 Å². The zero-order valence-electron chi connectivity index (χ0n) is 10.7. The Balaban J connectivity index is 1.91. The quantitative estimate of drug-likeness (QED) is 0.721. The van der Waals surface area contributed by atoms with Crippen LogP contribution >= 0.6 is 22.9 Å². The van der Waals surface area contributed by atoms with Gasteiger partial charge in [0.25, 0.3) is 0 Å². The van der Waals surface area contributed by atoms with Gasteiger partial charge < -0.3 is 4.90 Å². The van der Waals surface area contributed by atoms with E-state index in [4.69, 9.17) is 11.6 Å². The van der Waals surface area contributed by atoms with Crippen molar-refractivity contribution in [2.75, 3.05) is 6.54 Å². The van der Waals surface area contributed by atoms with Crippen LogP contribution in [0.2, 0.25) is 0 Å². The standard InChI is InChI=1S/C13H19ClN2OS/c1-2-3-6-16(11-4-5-11)13(17)7-12-15-10(8-14)9-18-12/h9,11H,2-8H2,1H3. The first-order valence-corrected chi connectivity index (χ1v) is 7.94. The van der Waals surface area contributed by atoms with Crippen molar-refractivity contribution in [2.24, 2.45) is 0 Å². The highest BCUT2D eigenvalue weighted by molar-refractivity contribution is 7.09. The molecule has 1 heterocycles. The zero-order valence-corrected chi connectivity index (χ0v) is 12.3. The highest BCUT2D eigenvalue weighted by Crippen LogP contribution is 2.28. The van der Waals surface area contributed by atoms with Gasteiger partial charge in [0.2, 0.25) is 5.91 Å². The third-order valence-corrected chi connectivity index (χ3v) is 4.27. The van der Waals surface area contributed by atoms with E-state index in [1.807, 2.05) is 10.3 Å². The van der Waals surface area contributed by atoms with E-state index in [9.17, 15) is 4.79 Å². The number of halogens is 1. The van der Waals surface area contributed by atoms with E-state index in [2.05, 4.69) is 11.9 Å². The van der Waals surface area contributed by atoms with Crippen LogP contribution in [0.15, 0.2) is 5.38 Å². The predicted molar refractivity (Wildman–Crippen MR) is 75.0 cm³/mol. The minimum absolute atomic E-state index is 0.224.